The van der Waals surface area contributed by atoms with E-state index in [0.29, 0.717) is 17.4 Å². The van der Waals surface area contributed by atoms with Crippen LogP contribution in [0.2, 0.25) is 0 Å². The Morgan fingerprint density at radius 1 is 0.462 bits per heavy atom. The molecule has 0 saturated carbocycles. The summed E-state index contributed by atoms with van der Waals surface area (Å²) in [4.78, 5) is 25.5. The van der Waals surface area contributed by atoms with Crippen LogP contribution >= 0.6 is 7.82 Å². The Morgan fingerprint density at radius 3 is 1.19 bits per heavy atom. The molecular weight excluding hydrogens is 984 g/mol. The number of aliphatic hydroxyl groups excluding tert-OH is 1. The number of hydrogen-bond donors (Lipinski definition) is 2. The van der Waals surface area contributed by atoms with E-state index < -0.39 is 26.6 Å². The van der Waals surface area contributed by atoms with E-state index >= 15 is 0 Å². The van der Waals surface area contributed by atoms with Crippen LogP contribution in [0.5, 0.6) is 0 Å². The van der Waals surface area contributed by atoms with E-state index in [4.69, 9.17) is 9.05 Å². The number of amides is 1. The minimum absolute atomic E-state index is 0.00662. The number of aliphatic hydroxyl groups is 1. The molecule has 2 N–H and O–H groups in total. The maximum atomic E-state index is 13.0. The van der Waals surface area contributed by atoms with Gasteiger partial charge in [0.05, 0.1) is 39.9 Å². The van der Waals surface area contributed by atoms with Crippen molar-refractivity contribution in [3.05, 3.63) is 85.1 Å². The number of unbranched alkanes of at least 4 members (excludes halogenated alkanes) is 35. The predicted octanol–water partition coefficient (Wildman–Crippen LogP) is 20.1. The first-order valence-electron chi connectivity index (χ1n) is 32.9. The van der Waals surface area contributed by atoms with Crippen molar-refractivity contribution in [3.63, 3.8) is 0 Å². The Bertz CT molecular complexity index is 1550. The second-order valence-electron chi connectivity index (χ2n) is 23.4. The molecule has 78 heavy (non-hydrogen) atoms. The van der Waals surface area contributed by atoms with Gasteiger partial charge in [-0.2, -0.15) is 0 Å². The molecule has 0 aromatic carbocycles. The third kappa shape index (κ3) is 61.3. The summed E-state index contributed by atoms with van der Waals surface area (Å²) < 4.78 is 23.3. The van der Waals surface area contributed by atoms with Gasteiger partial charge in [-0.25, -0.2) is 0 Å². The SMILES string of the molecule is CC/C=C\C/C=C\C/C=C\C/C=C\C/C=C\CCCCCCCCCCCCCCCCCCCCCCCCCCCC(=O)NC(COP(=O)([O-])OCC[N+](C)(C)C)C(O)/C=C/CC/C=C/CCCCCCCCCCC. The van der Waals surface area contributed by atoms with Crippen LogP contribution in [-0.2, 0) is 18.4 Å². The first-order chi connectivity index (χ1) is 38.0. The number of nitrogens with one attached hydrogen (secondary N) is 1. The van der Waals surface area contributed by atoms with E-state index in [-0.39, 0.29) is 12.5 Å². The molecule has 0 spiro atoms. The van der Waals surface area contributed by atoms with Gasteiger partial charge in [0.2, 0.25) is 5.91 Å². The van der Waals surface area contributed by atoms with E-state index in [1.807, 2.05) is 27.2 Å². The van der Waals surface area contributed by atoms with Crippen molar-refractivity contribution in [3.8, 4) is 0 Å². The fourth-order valence-electron chi connectivity index (χ4n) is 9.49. The maximum Gasteiger partial charge on any atom is 0.268 e. The summed E-state index contributed by atoms with van der Waals surface area (Å²) in [7, 11) is 1.25. The number of phosphoric ester groups is 1. The average molecular weight is 1110 g/mol. The van der Waals surface area contributed by atoms with Crippen molar-refractivity contribution in [2.24, 2.45) is 0 Å². The topological polar surface area (TPSA) is 108 Å². The van der Waals surface area contributed by atoms with Crippen molar-refractivity contribution in [1.82, 2.24) is 5.32 Å². The Labute approximate surface area is 484 Å². The molecule has 0 radical (unpaired) electrons. The van der Waals surface area contributed by atoms with Crippen LogP contribution in [0.3, 0.4) is 0 Å². The average Bonchev–Trinajstić information content (AvgIpc) is 3.41. The monoisotopic (exact) mass is 1110 g/mol. The van der Waals surface area contributed by atoms with Crippen molar-refractivity contribution < 1.29 is 32.9 Å². The number of allylic oxidation sites excluding steroid dienone is 13. The molecule has 0 bridgehead atoms. The summed E-state index contributed by atoms with van der Waals surface area (Å²) in [6.45, 7) is 4.53. The van der Waals surface area contributed by atoms with Gasteiger partial charge in [-0.1, -0.05) is 298 Å². The van der Waals surface area contributed by atoms with Crippen LogP contribution in [0.25, 0.3) is 0 Å². The van der Waals surface area contributed by atoms with Crippen LogP contribution in [0.1, 0.15) is 296 Å². The smallest absolute Gasteiger partial charge is 0.268 e. The highest BCUT2D eigenvalue weighted by Gasteiger charge is 2.23. The van der Waals surface area contributed by atoms with Gasteiger partial charge in [0.15, 0.2) is 0 Å². The van der Waals surface area contributed by atoms with Gasteiger partial charge in [0, 0.05) is 6.42 Å². The lowest BCUT2D eigenvalue weighted by molar-refractivity contribution is -0.870. The zero-order chi connectivity index (χ0) is 57.0. The second-order valence-corrected chi connectivity index (χ2v) is 24.8. The Morgan fingerprint density at radius 2 is 0.795 bits per heavy atom. The molecule has 0 aliphatic heterocycles. The number of likely N-dealkylation sites (N-methyl/N-ethyl adjacent to an activating group) is 1. The lowest BCUT2D eigenvalue weighted by Crippen LogP contribution is -2.45. The zero-order valence-electron chi connectivity index (χ0n) is 51.9. The van der Waals surface area contributed by atoms with Gasteiger partial charge in [-0.15, -0.1) is 0 Å². The molecular formula is C69H127N2O6P. The minimum atomic E-state index is -4.61. The molecule has 0 saturated heterocycles. The number of phosphoric acid groups is 1. The Kier molecular flexibility index (Phi) is 57.5. The molecule has 0 aliphatic carbocycles. The molecule has 3 unspecified atom stereocenters. The summed E-state index contributed by atoms with van der Waals surface area (Å²) in [6, 6.07) is -0.904. The maximum absolute atomic E-state index is 13.0. The highest BCUT2D eigenvalue weighted by Crippen LogP contribution is 2.38. The molecule has 0 aromatic heterocycles. The molecule has 454 valence electrons. The highest BCUT2D eigenvalue weighted by molar-refractivity contribution is 7.45. The zero-order valence-corrected chi connectivity index (χ0v) is 52.7. The molecule has 0 fully saturated rings. The van der Waals surface area contributed by atoms with Gasteiger partial charge >= 0.3 is 0 Å². The first-order valence-corrected chi connectivity index (χ1v) is 34.4. The summed E-state index contributed by atoms with van der Waals surface area (Å²) >= 11 is 0. The van der Waals surface area contributed by atoms with Crippen molar-refractivity contribution >= 4 is 13.7 Å². The number of hydrogen-bond acceptors (Lipinski definition) is 6. The van der Waals surface area contributed by atoms with Gasteiger partial charge < -0.3 is 28.8 Å². The summed E-state index contributed by atoms with van der Waals surface area (Å²) in [5.74, 6) is -0.204. The van der Waals surface area contributed by atoms with Crippen molar-refractivity contribution in [2.75, 3.05) is 40.9 Å². The van der Waals surface area contributed by atoms with Gasteiger partial charge in [-0.3, -0.25) is 9.36 Å². The standard InChI is InChI=1S/C69H127N2O6P/c1-6-8-10-12-14-16-18-20-22-23-24-25-26-27-28-29-30-31-32-33-34-35-36-37-38-39-40-41-42-43-44-45-46-47-49-51-53-55-57-59-61-63-69(73)70-67(66-77-78(74,75)76-65-64-71(3,4)5)68(72)62-60-58-56-54-52-50-48-21-19-17-15-13-11-9-7-2/h8,10,14,16,20,22,24-25,27-28,52,54,60,62,67-68,72H,6-7,9,11-13,15,17-19,21,23,26,29-51,53,55-59,61,63-66H2,1-5H3,(H-,70,73,74,75)/b10-8-,16-14-,22-20-,25-24-,28-27-,54-52+,62-60+. The normalized spacial score (nSPS) is 14.3. The number of carbonyl (C=O) groups is 1. The molecule has 3 atom stereocenters. The quantitative estimate of drug-likeness (QED) is 0.0272. The van der Waals surface area contributed by atoms with E-state index in [1.54, 1.807) is 6.08 Å². The van der Waals surface area contributed by atoms with E-state index in [1.165, 1.54) is 205 Å². The number of rotatable bonds is 60. The minimum Gasteiger partial charge on any atom is -0.756 e. The van der Waals surface area contributed by atoms with Crippen LogP contribution in [-0.4, -0.2) is 68.5 Å². The van der Waals surface area contributed by atoms with Gasteiger partial charge in [0.1, 0.15) is 13.2 Å². The molecule has 9 heteroatoms. The molecule has 0 aliphatic rings. The summed E-state index contributed by atoms with van der Waals surface area (Å²) in [6.07, 6.45) is 84.3. The second kappa shape index (κ2) is 59.3. The van der Waals surface area contributed by atoms with Crippen LogP contribution in [0.4, 0.5) is 0 Å². The van der Waals surface area contributed by atoms with Crippen LogP contribution in [0, 0.1) is 0 Å². The van der Waals surface area contributed by atoms with Crippen LogP contribution < -0.4 is 10.2 Å². The van der Waals surface area contributed by atoms with E-state index in [9.17, 15) is 19.4 Å². The largest absolute Gasteiger partial charge is 0.756 e. The van der Waals surface area contributed by atoms with Crippen molar-refractivity contribution in [2.45, 2.75) is 309 Å². The first kappa shape index (κ1) is 75.7. The van der Waals surface area contributed by atoms with Crippen molar-refractivity contribution in [1.29, 1.82) is 0 Å². The van der Waals surface area contributed by atoms with Gasteiger partial charge in [0.25, 0.3) is 7.82 Å². The number of carbonyl (C=O) groups excluding carboxylic acids is 1. The molecule has 0 heterocycles. The summed E-state index contributed by atoms with van der Waals surface area (Å²) in [5.41, 5.74) is 0. The fraction of sp³-hybridized carbons (Fsp3) is 0.783. The van der Waals surface area contributed by atoms with E-state index in [0.717, 1.165) is 70.6 Å². The Hall–Kier alpha value is -2.32. The summed E-state index contributed by atoms with van der Waals surface area (Å²) in [5, 5.41) is 13.9. The lowest BCUT2D eigenvalue weighted by atomic mass is 10.0. The third-order valence-corrected chi connectivity index (χ3v) is 15.6. The highest BCUT2D eigenvalue weighted by atomic mass is 31.2. The lowest BCUT2D eigenvalue weighted by Gasteiger charge is -2.29. The molecule has 0 aromatic rings. The molecule has 1 amide bonds. The molecule has 8 nitrogen and oxygen atoms in total. The number of nitrogens with zero attached hydrogens (tertiary/aromatic N) is 1. The fourth-order valence-corrected chi connectivity index (χ4v) is 10.2. The van der Waals surface area contributed by atoms with E-state index in [2.05, 4.69) is 92.1 Å². The Balaban J connectivity index is 3.91. The van der Waals surface area contributed by atoms with Gasteiger partial charge in [-0.05, 0) is 77.0 Å². The third-order valence-electron chi connectivity index (χ3n) is 14.6. The number of quaternary nitrogens is 1. The molecule has 0 rings (SSSR count). The predicted molar refractivity (Wildman–Crippen MR) is 339 cm³/mol. The van der Waals surface area contributed by atoms with Crippen LogP contribution in [0.15, 0.2) is 85.1 Å².